The fourth-order valence-electron chi connectivity index (χ4n) is 2.37. The third kappa shape index (κ3) is 2.89. The Balaban J connectivity index is 2.50. The molecule has 1 atom stereocenters. The first-order chi connectivity index (χ1) is 9.43. The lowest BCUT2D eigenvalue weighted by atomic mass is 9.94. The lowest BCUT2D eigenvalue weighted by Crippen LogP contribution is -2.04. The predicted molar refractivity (Wildman–Crippen MR) is 85.4 cm³/mol. The highest BCUT2D eigenvalue weighted by molar-refractivity contribution is 9.10. The number of hydrogen-bond acceptors (Lipinski definition) is 2. The molecule has 2 aromatic rings. The van der Waals surface area contributed by atoms with Crippen molar-refractivity contribution in [3.05, 3.63) is 62.6 Å². The number of aliphatic hydroxyl groups excluding tert-OH is 1. The summed E-state index contributed by atoms with van der Waals surface area (Å²) in [5.74, 6) is 0.849. The first-order valence-corrected chi connectivity index (χ1v) is 7.32. The molecule has 0 heterocycles. The topological polar surface area (TPSA) is 29.5 Å². The van der Waals surface area contributed by atoms with Crippen LogP contribution in [0, 0.1) is 20.8 Å². The molecule has 0 aromatic heterocycles. The van der Waals surface area contributed by atoms with Crippen LogP contribution >= 0.6 is 15.9 Å². The highest BCUT2D eigenvalue weighted by atomic mass is 79.9. The van der Waals surface area contributed by atoms with Crippen LogP contribution in [0.1, 0.15) is 33.9 Å². The quantitative estimate of drug-likeness (QED) is 0.897. The van der Waals surface area contributed by atoms with E-state index in [1.54, 1.807) is 7.11 Å². The predicted octanol–water partition coefficient (Wildman–Crippen LogP) is 4.46. The monoisotopic (exact) mass is 334 g/mol. The van der Waals surface area contributed by atoms with Crippen molar-refractivity contribution in [2.75, 3.05) is 7.11 Å². The second kappa shape index (κ2) is 5.98. The van der Waals surface area contributed by atoms with Crippen molar-refractivity contribution < 1.29 is 9.84 Å². The van der Waals surface area contributed by atoms with Crippen molar-refractivity contribution in [1.29, 1.82) is 0 Å². The number of rotatable bonds is 3. The second-order valence-electron chi connectivity index (χ2n) is 5.11. The van der Waals surface area contributed by atoms with E-state index in [0.29, 0.717) is 0 Å². The third-order valence-corrected chi connectivity index (χ3v) is 4.25. The molecule has 0 aliphatic heterocycles. The standard InChI is InChI=1S/C17H19BrO2/c1-10-5-6-15(18)14(7-10)17(19)13-8-12(3)16(20-4)9-11(13)2/h5-9,17,19H,1-4H3. The molecule has 3 heteroatoms. The molecule has 2 rings (SSSR count). The molecule has 20 heavy (non-hydrogen) atoms. The normalized spacial score (nSPS) is 12.3. The van der Waals surface area contributed by atoms with E-state index in [-0.39, 0.29) is 0 Å². The van der Waals surface area contributed by atoms with Crippen LogP contribution in [0.3, 0.4) is 0 Å². The van der Waals surface area contributed by atoms with Crippen LogP contribution in [0.2, 0.25) is 0 Å². The average Bonchev–Trinajstić information content (AvgIpc) is 2.42. The van der Waals surface area contributed by atoms with Crippen LogP contribution in [-0.4, -0.2) is 12.2 Å². The van der Waals surface area contributed by atoms with Crippen molar-refractivity contribution in [2.24, 2.45) is 0 Å². The number of benzene rings is 2. The van der Waals surface area contributed by atoms with Crippen molar-refractivity contribution >= 4 is 15.9 Å². The lowest BCUT2D eigenvalue weighted by Gasteiger charge is -2.18. The molecule has 0 saturated carbocycles. The molecule has 1 N–H and O–H groups in total. The molecular weight excluding hydrogens is 316 g/mol. The molecule has 0 saturated heterocycles. The number of aryl methyl sites for hydroxylation is 3. The Morgan fingerprint density at radius 2 is 1.70 bits per heavy atom. The molecule has 0 fully saturated rings. The van der Waals surface area contributed by atoms with Crippen molar-refractivity contribution in [3.8, 4) is 5.75 Å². The summed E-state index contributed by atoms with van der Waals surface area (Å²) in [6, 6.07) is 9.96. The van der Waals surface area contributed by atoms with Crippen molar-refractivity contribution in [2.45, 2.75) is 26.9 Å². The van der Waals surface area contributed by atoms with E-state index in [1.165, 1.54) is 0 Å². The summed E-state index contributed by atoms with van der Waals surface area (Å²) in [7, 11) is 1.66. The van der Waals surface area contributed by atoms with Gasteiger partial charge in [0.1, 0.15) is 11.9 Å². The van der Waals surface area contributed by atoms with Crippen LogP contribution in [0.25, 0.3) is 0 Å². The Morgan fingerprint density at radius 3 is 2.35 bits per heavy atom. The minimum absolute atomic E-state index is 0.645. The second-order valence-corrected chi connectivity index (χ2v) is 5.96. The largest absolute Gasteiger partial charge is 0.496 e. The average molecular weight is 335 g/mol. The molecule has 0 bridgehead atoms. The molecule has 0 spiro atoms. The number of halogens is 1. The highest BCUT2D eigenvalue weighted by Crippen LogP contribution is 2.33. The van der Waals surface area contributed by atoms with Gasteiger partial charge in [-0.1, -0.05) is 33.6 Å². The first kappa shape index (κ1) is 15.1. The smallest absolute Gasteiger partial charge is 0.122 e. The van der Waals surface area contributed by atoms with Gasteiger partial charge in [0.15, 0.2) is 0 Å². The Labute approximate surface area is 128 Å². The zero-order valence-corrected chi connectivity index (χ0v) is 13.8. The molecule has 0 aliphatic rings. The molecule has 1 unspecified atom stereocenters. The lowest BCUT2D eigenvalue weighted by molar-refractivity contribution is 0.218. The van der Waals surface area contributed by atoms with Gasteiger partial charge in [0.05, 0.1) is 7.11 Å². The molecule has 2 aromatic carbocycles. The summed E-state index contributed by atoms with van der Waals surface area (Å²) in [5.41, 5.74) is 4.97. The molecule has 0 aliphatic carbocycles. The fraction of sp³-hybridized carbons (Fsp3) is 0.294. The molecule has 0 radical (unpaired) electrons. The fourth-order valence-corrected chi connectivity index (χ4v) is 2.83. The highest BCUT2D eigenvalue weighted by Gasteiger charge is 2.17. The van der Waals surface area contributed by atoms with E-state index < -0.39 is 6.10 Å². The number of hydrogen-bond donors (Lipinski definition) is 1. The van der Waals surface area contributed by atoms with Gasteiger partial charge in [-0.05, 0) is 61.2 Å². The third-order valence-electron chi connectivity index (χ3n) is 3.52. The zero-order valence-electron chi connectivity index (χ0n) is 12.2. The summed E-state index contributed by atoms with van der Waals surface area (Å²) in [6.45, 7) is 6.00. The number of aliphatic hydroxyl groups is 1. The Hall–Kier alpha value is -1.32. The van der Waals surface area contributed by atoms with Gasteiger partial charge in [-0.15, -0.1) is 0 Å². The van der Waals surface area contributed by atoms with Crippen LogP contribution < -0.4 is 4.74 Å². The van der Waals surface area contributed by atoms with Crippen LogP contribution in [0.5, 0.6) is 5.75 Å². The van der Waals surface area contributed by atoms with Gasteiger partial charge in [-0.3, -0.25) is 0 Å². The van der Waals surface area contributed by atoms with Crippen molar-refractivity contribution in [1.82, 2.24) is 0 Å². The van der Waals surface area contributed by atoms with Crippen LogP contribution in [0.15, 0.2) is 34.8 Å². The van der Waals surface area contributed by atoms with Crippen LogP contribution in [-0.2, 0) is 0 Å². The molecular formula is C17H19BrO2. The number of ether oxygens (including phenoxy) is 1. The van der Waals surface area contributed by atoms with E-state index in [1.807, 2.05) is 51.1 Å². The summed E-state index contributed by atoms with van der Waals surface area (Å²) in [4.78, 5) is 0. The first-order valence-electron chi connectivity index (χ1n) is 6.53. The maximum Gasteiger partial charge on any atom is 0.122 e. The van der Waals surface area contributed by atoms with Crippen molar-refractivity contribution in [3.63, 3.8) is 0 Å². The SMILES string of the molecule is COc1cc(C)c(C(O)c2cc(C)ccc2Br)cc1C. The Kier molecular flexibility index (Phi) is 4.51. The van der Waals surface area contributed by atoms with Gasteiger partial charge in [0, 0.05) is 4.47 Å². The van der Waals surface area contributed by atoms with E-state index in [9.17, 15) is 5.11 Å². The van der Waals surface area contributed by atoms with Gasteiger partial charge in [0.2, 0.25) is 0 Å². The van der Waals surface area contributed by atoms with E-state index >= 15 is 0 Å². The maximum atomic E-state index is 10.7. The van der Waals surface area contributed by atoms with E-state index in [0.717, 1.165) is 38.0 Å². The minimum Gasteiger partial charge on any atom is -0.496 e. The Morgan fingerprint density at radius 1 is 1.00 bits per heavy atom. The zero-order chi connectivity index (χ0) is 14.9. The van der Waals surface area contributed by atoms with Gasteiger partial charge in [0.25, 0.3) is 0 Å². The molecule has 2 nitrogen and oxygen atoms in total. The van der Waals surface area contributed by atoms with E-state index in [4.69, 9.17) is 4.74 Å². The summed E-state index contributed by atoms with van der Waals surface area (Å²) < 4.78 is 6.24. The minimum atomic E-state index is -0.645. The Bertz CT molecular complexity index is 635. The van der Waals surface area contributed by atoms with Gasteiger partial charge in [-0.25, -0.2) is 0 Å². The summed E-state index contributed by atoms with van der Waals surface area (Å²) >= 11 is 3.51. The van der Waals surface area contributed by atoms with Gasteiger partial charge < -0.3 is 9.84 Å². The molecule has 106 valence electrons. The van der Waals surface area contributed by atoms with E-state index in [2.05, 4.69) is 15.9 Å². The summed E-state index contributed by atoms with van der Waals surface area (Å²) in [5, 5.41) is 10.7. The maximum absolute atomic E-state index is 10.7. The van der Waals surface area contributed by atoms with Gasteiger partial charge in [-0.2, -0.15) is 0 Å². The van der Waals surface area contributed by atoms with Crippen LogP contribution in [0.4, 0.5) is 0 Å². The molecule has 0 amide bonds. The van der Waals surface area contributed by atoms with Gasteiger partial charge >= 0.3 is 0 Å². The summed E-state index contributed by atoms with van der Waals surface area (Å²) in [6.07, 6.45) is -0.645. The number of methoxy groups -OCH3 is 1.